The van der Waals surface area contributed by atoms with Crippen LogP contribution in [0.2, 0.25) is 0 Å². The fourth-order valence-corrected chi connectivity index (χ4v) is 13.6. The summed E-state index contributed by atoms with van der Waals surface area (Å²) >= 11 is 0. The lowest BCUT2D eigenvalue weighted by atomic mass is 9.49. The number of amides is 10. The molecule has 1 saturated heterocycles. The number of phenolic OH excluding ortho intramolecular Hbond substituents is 1. The van der Waals surface area contributed by atoms with Gasteiger partial charge in [0.05, 0.1) is 6.42 Å². The summed E-state index contributed by atoms with van der Waals surface area (Å²) in [5.41, 5.74) is 45.4. The molecule has 0 aromatic heterocycles. The molecule has 5 fully saturated rings. The number of hydrogen-bond acceptors (Lipinski definition) is 14. The van der Waals surface area contributed by atoms with Gasteiger partial charge in [0.2, 0.25) is 59.1 Å². The van der Waals surface area contributed by atoms with E-state index in [1.807, 2.05) is 0 Å². The van der Waals surface area contributed by atoms with Crippen molar-refractivity contribution in [3.63, 3.8) is 0 Å². The van der Waals surface area contributed by atoms with E-state index in [1.165, 1.54) is 36.3 Å². The number of carbonyl (C=O) groups is 10. The highest BCUT2D eigenvalue weighted by atomic mass is 16.3. The topological polar surface area (TPSA) is 524 Å². The Kier molecular flexibility index (Phi) is 26.7. The molecule has 0 unspecified atom stereocenters. The zero-order valence-electron chi connectivity index (χ0n) is 52.6. The minimum atomic E-state index is -1.74. The van der Waals surface area contributed by atoms with E-state index in [4.69, 9.17) is 45.9 Å². The van der Waals surface area contributed by atoms with Gasteiger partial charge in [-0.05, 0) is 142 Å². The van der Waals surface area contributed by atoms with E-state index >= 15 is 0 Å². The van der Waals surface area contributed by atoms with Crippen LogP contribution < -0.4 is 83.1 Å². The highest BCUT2D eigenvalue weighted by molar-refractivity contribution is 5.99. The number of primary amides is 2. The van der Waals surface area contributed by atoms with Crippen molar-refractivity contribution in [2.45, 2.75) is 178 Å². The number of rotatable bonds is 36. The maximum absolute atomic E-state index is 14.8. The Balaban J connectivity index is 1.18. The molecule has 92 heavy (non-hydrogen) atoms. The van der Waals surface area contributed by atoms with Gasteiger partial charge in [-0.25, -0.2) is 0 Å². The third-order valence-electron chi connectivity index (χ3n) is 17.5. The Morgan fingerprint density at radius 3 is 1.52 bits per heavy atom. The number of benzene rings is 2. The average molecular weight is 1280 g/mol. The van der Waals surface area contributed by atoms with Gasteiger partial charge in [0.1, 0.15) is 54.1 Å². The normalized spacial score (nSPS) is 20.9. The minimum Gasteiger partial charge on any atom is -0.508 e. The van der Waals surface area contributed by atoms with Crippen LogP contribution in [0, 0.1) is 29.1 Å². The first-order chi connectivity index (χ1) is 43.7. The molecule has 5 aliphatic rings. The lowest BCUT2D eigenvalue weighted by Crippen LogP contribution is -2.61. The van der Waals surface area contributed by atoms with Crippen molar-refractivity contribution in [2.24, 2.45) is 89.9 Å². The van der Waals surface area contributed by atoms with Crippen LogP contribution in [0.1, 0.15) is 128 Å². The minimum absolute atomic E-state index is 0.00143. The molecule has 504 valence electrons. The van der Waals surface area contributed by atoms with Gasteiger partial charge >= 0.3 is 0 Å². The summed E-state index contributed by atoms with van der Waals surface area (Å²) < 4.78 is 0. The number of aliphatic imine (C=N–C) groups is 3. The monoisotopic (exact) mass is 1280 g/mol. The summed E-state index contributed by atoms with van der Waals surface area (Å²) in [4.78, 5) is 154. The summed E-state index contributed by atoms with van der Waals surface area (Å²) in [6.45, 7) is 3.48. The lowest BCUT2D eigenvalue weighted by Gasteiger charge is -2.56. The fraction of sp³-hybridized carbons (Fsp3) is 0.597. The van der Waals surface area contributed by atoms with Gasteiger partial charge in [0.25, 0.3) is 0 Å². The number of nitrogens with two attached hydrogens (primary N) is 8. The highest BCUT2D eigenvalue weighted by Crippen LogP contribution is 2.61. The number of nitrogens with zero attached hydrogens (tertiary/aromatic N) is 4. The molecule has 24 N–H and O–H groups in total. The molecule has 0 spiro atoms. The molecule has 7 rings (SSSR count). The summed E-state index contributed by atoms with van der Waals surface area (Å²) in [7, 11) is 0. The predicted molar refractivity (Wildman–Crippen MR) is 343 cm³/mol. The molecular formula is C62H95N19O11. The molecule has 2 aromatic carbocycles. The standard InChI is InChI=1S/C62H95N19O11/c1-34(2)50(80-55(89)45(27-35-10-4-3-5-11-35)78-53(87)44(28-36-16-18-40(82)19-17-36)74-49(84)33-62-30-37-24-38(31-62)26-39(25-37)32-62)57(91)79-46(29-48(63)83)54(88)77-43(14-8-22-73-61(69)70)58(92)81-23-9-15-47(81)56(90)76-42(13-7-21-72-60(67)68)52(86)75-41(51(64)85)12-6-20-71-59(65)66/h3-5,10-11,16-19,34,37-39,41-47,50,82H,6-9,12-15,20-33H2,1-2H3,(H2,63,83)(H2,64,85)(H,74,84)(H,75,86)(H,76,90)(H,77,88)(H,78,87)(H,79,91)(H,80,89)(H4,65,66,71)(H4,67,68,72)(H4,69,70,73)/t37?,38?,39?,41-,42-,43-,44+,45-,46-,47+,50-,62?/m0/s1. The number of guanidine groups is 3. The summed E-state index contributed by atoms with van der Waals surface area (Å²) in [5.74, 6) is -7.40. The first kappa shape index (κ1) is 71.8. The Bertz CT molecular complexity index is 2970. The van der Waals surface area contributed by atoms with E-state index in [1.54, 1.807) is 56.3 Å². The van der Waals surface area contributed by atoms with Crippen LogP contribution in [0.4, 0.5) is 0 Å². The molecule has 1 aliphatic heterocycles. The molecule has 1 heterocycles. The molecule has 4 saturated carbocycles. The lowest BCUT2D eigenvalue weighted by molar-refractivity contribution is -0.143. The quantitative estimate of drug-likeness (QED) is 0.0188. The zero-order valence-corrected chi connectivity index (χ0v) is 52.6. The maximum atomic E-state index is 14.8. The van der Waals surface area contributed by atoms with Gasteiger partial charge in [0.15, 0.2) is 17.9 Å². The zero-order chi connectivity index (χ0) is 67.2. The summed E-state index contributed by atoms with van der Waals surface area (Å²) in [6.07, 6.45) is 6.82. The van der Waals surface area contributed by atoms with Gasteiger partial charge in [-0.15, -0.1) is 0 Å². The second-order valence-electron chi connectivity index (χ2n) is 25.4. The second kappa shape index (κ2) is 34.3. The Labute approximate surface area is 535 Å². The van der Waals surface area contributed by atoms with E-state index in [2.05, 4.69) is 52.2 Å². The largest absolute Gasteiger partial charge is 0.508 e. The Morgan fingerprint density at radius 1 is 0.543 bits per heavy atom. The van der Waals surface area contributed by atoms with Crippen LogP contribution in [0.25, 0.3) is 0 Å². The van der Waals surface area contributed by atoms with Crippen molar-refractivity contribution < 1.29 is 53.1 Å². The molecule has 8 atom stereocenters. The van der Waals surface area contributed by atoms with E-state index in [9.17, 15) is 53.1 Å². The molecule has 4 bridgehead atoms. The molecule has 30 heteroatoms. The third kappa shape index (κ3) is 22.3. The van der Waals surface area contributed by atoms with Crippen molar-refractivity contribution in [3.05, 3.63) is 65.7 Å². The van der Waals surface area contributed by atoms with Gasteiger partial charge in [0, 0.05) is 45.4 Å². The van der Waals surface area contributed by atoms with Crippen LogP contribution in [0.15, 0.2) is 69.6 Å². The summed E-state index contributed by atoms with van der Waals surface area (Å²) in [5, 5.41) is 29.1. The SMILES string of the molecule is CC(C)[C@H](NC(=O)[C@H](Cc1ccccc1)NC(=O)[C@@H](Cc1ccc(O)cc1)NC(=O)CC12CC3CC(CC(C3)C1)C2)C(=O)N[C@@H](CC(N)=O)C(=O)N[C@@H](CCCN=C(N)N)C(=O)N1CCC[C@@H]1C(=O)N[C@@H](CCCN=C(N)N)C(=O)N[C@@H](CCCN=C(N)N)C(N)=O. The number of aromatic hydroxyl groups is 1. The van der Waals surface area contributed by atoms with Crippen molar-refractivity contribution in [3.8, 4) is 5.75 Å². The van der Waals surface area contributed by atoms with Gasteiger partial charge in [-0.1, -0.05) is 56.3 Å². The van der Waals surface area contributed by atoms with Crippen molar-refractivity contribution in [2.75, 3.05) is 26.2 Å². The number of nitrogens with one attached hydrogen (secondary N) is 7. The van der Waals surface area contributed by atoms with Crippen LogP contribution in [0.3, 0.4) is 0 Å². The molecule has 0 radical (unpaired) electrons. The molecule has 2 aromatic rings. The molecule has 4 aliphatic carbocycles. The average Bonchev–Trinajstić information content (AvgIpc) is 0.868. The van der Waals surface area contributed by atoms with Crippen LogP contribution in [0.5, 0.6) is 5.75 Å². The van der Waals surface area contributed by atoms with Gasteiger partial charge in [-0.3, -0.25) is 62.9 Å². The number of likely N-dealkylation sites (tertiary alicyclic amines) is 1. The van der Waals surface area contributed by atoms with Crippen LogP contribution >= 0.6 is 0 Å². The van der Waals surface area contributed by atoms with Crippen molar-refractivity contribution in [1.82, 2.24) is 42.1 Å². The van der Waals surface area contributed by atoms with Crippen molar-refractivity contribution >= 4 is 77.0 Å². The molecular weight excluding hydrogens is 1190 g/mol. The van der Waals surface area contributed by atoms with Crippen LogP contribution in [-0.4, -0.2) is 161 Å². The molecule has 10 amide bonds. The first-order valence-electron chi connectivity index (χ1n) is 31.7. The Hall–Kier alpha value is -9.25. The van der Waals surface area contributed by atoms with E-state index in [0.717, 1.165) is 19.3 Å². The second-order valence-corrected chi connectivity index (χ2v) is 25.4. The number of hydrogen-bond donors (Lipinski definition) is 16. The van der Waals surface area contributed by atoms with E-state index in [-0.39, 0.29) is 125 Å². The first-order valence-corrected chi connectivity index (χ1v) is 31.7. The maximum Gasteiger partial charge on any atom is 0.245 e. The predicted octanol–water partition coefficient (Wildman–Crippen LogP) is -2.65. The van der Waals surface area contributed by atoms with Gasteiger partial charge in [-0.2, -0.15) is 0 Å². The third-order valence-corrected chi connectivity index (χ3v) is 17.5. The van der Waals surface area contributed by atoms with Gasteiger partial charge < -0.3 is 93.1 Å². The van der Waals surface area contributed by atoms with E-state index in [0.29, 0.717) is 35.3 Å². The molecule has 30 nitrogen and oxygen atoms in total. The highest BCUT2D eigenvalue weighted by Gasteiger charge is 2.52. The smallest absolute Gasteiger partial charge is 0.245 e. The van der Waals surface area contributed by atoms with E-state index < -0.39 is 114 Å². The number of phenols is 1. The fourth-order valence-electron chi connectivity index (χ4n) is 13.6. The van der Waals surface area contributed by atoms with Crippen LogP contribution in [-0.2, 0) is 60.8 Å². The van der Waals surface area contributed by atoms with Crippen molar-refractivity contribution in [1.29, 1.82) is 0 Å². The Morgan fingerprint density at radius 2 is 1.00 bits per heavy atom. The number of carbonyl (C=O) groups excluding carboxylic acids is 10. The summed E-state index contributed by atoms with van der Waals surface area (Å²) in [6, 6.07) is 4.32.